The van der Waals surface area contributed by atoms with E-state index in [2.05, 4.69) is 10.6 Å². The predicted octanol–water partition coefficient (Wildman–Crippen LogP) is 2.51. The lowest BCUT2D eigenvalue weighted by Gasteiger charge is -2.20. The molecular weight excluding hydrogens is 322 g/mol. The molecule has 124 valence electrons. The second-order valence-electron chi connectivity index (χ2n) is 5.46. The molecule has 24 heavy (non-hydrogen) atoms. The van der Waals surface area contributed by atoms with E-state index in [-0.39, 0.29) is 24.3 Å². The molecule has 1 aromatic heterocycles. The first kappa shape index (κ1) is 17.7. The van der Waals surface area contributed by atoms with Crippen molar-refractivity contribution in [2.75, 3.05) is 0 Å². The van der Waals surface area contributed by atoms with E-state index in [1.54, 1.807) is 19.1 Å². The van der Waals surface area contributed by atoms with Crippen LogP contribution in [0.25, 0.3) is 0 Å². The van der Waals surface area contributed by atoms with Crippen LogP contribution in [0, 0.1) is 11.3 Å². The van der Waals surface area contributed by atoms with Crippen LogP contribution in [0.15, 0.2) is 47.8 Å². The summed E-state index contributed by atoms with van der Waals surface area (Å²) < 4.78 is 0. The van der Waals surface area contributed by atoms with Gasteiger partial charge in [-0.15, -0.1) is 11.3 Å². The van der Waals surface area contributed by atoms with Gasteiger partial charge < -0.3 is 10.6 Å². The maximum Gasteiger partial charge on any atom is 0.262 e. The molecule has 1 heterocycles. The topological polar surface area (TPSA) is 82.0 Å². The second-order valence-corrected chi connectivity index (χ2v) is 6.41. The fourth-order valence-corrected chi connectivity index (χ4v) is 2.85. The molecule has 1 aromatic carbocycles. The van der Waals surface area contributed by atoms with Gasteiger partial charge in [0.2, 0.25) is 5.91 Å². The lowest BCUT2D eigenvalue weighted by atomic mass is 10.0. The molecule has 0 spiro atoms. The summed E-state index contributed by atoms with van der Waals surface area (Å²) >= 11 is 1.33. The summed E-state index contributed by atoms with van der Waals surface area (Å²) in [5.41, 5.74) is 0.956. The first-order valence-electron chi connectivity index (χ1n) is 7.65. The van der Waals surface area contributed by atoms with E-state index in [4.69, 9.17) is 5.26 Å². The minimum atomic E-state index is -0.692. The first-order chi connectivity index (χ1) is 11.6. The van der Waals surface area contributed by atoms with Gasteiger partial charge in [-0.05, 0) is 23.9 Å². The number of carbonyl (C=O) groups is 2. The third-order valence-electron chi connectivity index (χ3n) is 3.44. The Morgan fingerprint density at radius 1 is 1.17 bits per heavy atom. The van der Waals surface area contributed by atoms with Gasteiger partial charge in [0.1, 0.15) is 6.04 Å². The van der Waals surface area contributed by atoms with Gasteiger partial charge in [0, 0.05) is 12.5 Å². The molecule has 2 atom stereocenters. The fourth-order valence-electron chi connectivity index (χ4n) is 2.23. The molecule has 0 saturated heterocycles. The minimum absolute atomic E-state index is 0.225. The summed E-state index contributed by atoms with van der Waals surface area (Å²) in [4.78, 5) is 25.4. The maximum absolute atomic E-state index is 12.5. The molecule has 0 saturated carbocycles. The summed E-state index contributed by atoms with van der Waals surface area (Å²) in [6.45, 7) is 1.77. The molecule has 5 nitrogen and oxygen atoms in total. The Hall–Kier alpha value is -2.65. The molecule has 0 aliphatic heterocycles. The Morgan fingerprint density at radius 2 is 1.92 bits per heavy atom. The molecule has 2 amide bonds. The van der Waals surface area contributed by atoms with E-state index in [1.807, 2.05) is 41.8 Å². The average Bonchev–Trinajstić information content (AvgIpc) is 3.10. The summed E-state index contributed by atoms with van der Waals surface area (Å²) in [6.07, 6.45) is 0.617. The summed E-state index contributed by atoms with van der Waals surface area (Å²) in [7, 11) is 0. The van der Waals surface area contributed by atoms with Crippen LogP contribution in [-0.2, 0) is 11.2 Å². The van der Waals surface area contributed by atoms with Crippen molar-refractivity contribution in [3.05, 3.63) is 58.3 Å². The fraction of sp³-hybridized carbons (Fsp3) is 0.278. The van der Waals surface area contributed by atoms with Gasteiger partial charge in [-0.3, -0.25) is 9.59 Å². The highest BCUT2D eigenvalue weighted by Gasteiger charge is 2.23. The van der Waals surface area contributed by atoms with Crippen molar-refractivity contribution in [1.29, 1.82) is 5.26 Å². The number of hydrogen-bond donors (Lipinski definition) is 2. The lowest BCUT2D eigenvalue weighted by Crippen LogP contribution is -2.50. The van der Waals surface area contributed by atoms with Crippen LogP contribution in [0.5, 0.6) is 0 Å². The number of carbonyl (C=O) groups excluding carboxylic acids is 2. The van der Waals surface area contributed by atoms with E-state index >= 15 is 0 Å². The molecule has 2 rings (SSSR count). The first-order valence-corrected chi connectivity index (χ1v) is 8.53. The molecule has 0 radical (unpaired) electrons. The molecule has 0 fully saturated rings. The molecule has 0 aliphatic carbocycles. The molecular formula is C18H19N3O2S. The van der Waals surface area contributed by atoms with Crippen molar-refractivity contribution in [2.45, 2.75) is 31.8 Å². The number of hydrogen-bond acceptors (Lipinski definition) is 4. The van der Waals surface area contributed by atoms with Crippen molar-refractivity contribution in [1.82, 2.24) is 10.6 Å². The van der Waals surface area contributed by atoms with Gasteiger partial charge in [0.25, 0.3) is 5.91 Å². The highest BCUT2D eigenvalue weighted by Crippen LogP contribution is 2.10. The predicted molar refractivity (Wildman–Crippen MR) is 93.6 cm³/mol. The van der Waals surface area contributed by atoms with Gasteiger partial charge in [-0.2, -0.15) is 5.26 Å². The van der Waals surface area contributed by atoms with E-state index in [9.17, 15) is 9.59 Å². The van der Waals surface area contributed by atoms with Gasteiger partial charge in [-0.25, -0.2) is 0 Å². The summed E-state index contributed by atoms with van der Waals surface area (Å²) in [5.74, 6) is -0.555. The highest BCUT2D eigenvalue weighted by atomic mass is 32.1. The average molecular weight is 341 g/mol. The van der Waals surface area contributed by atoms with Crippen molar-refractivity contribution >= 4 is 23.2 Å². The number of thiophene rings is 1. The van der Waals surface area contributed by atoms with Gasteiger partial charge in [0.15, 0.2) is 0 Å². The van der Waals surface area contributed by atoms with E-state index in [0.29, 0.717) is 11.3 Å². The number of rotatable bonds is 7. The van der Waals surface area contributed by atoms with Crippen LogP contribution in [0.3, 0.4) is 0 Å². The van der Waals surface area contributed by atoms with E-state index in [0.717, 1.165) is 5.56 Å². The Bertz CT molecular complexity index is 708. The lowest BCUT2D eigenvalue weighted by molar-refractivity contribution is -0.123. The maximum atomic E-state index is 12.5. The number of nitrogens with one attached hydrogen (secondary N) is 2. The van der Waals surface area contributed by atoms with Crippen LogP contribution < -0.4 is 10.6 Å². The summed E-state index contributed by atoms with van der Waals surface area (Å²) in [6, 6.07) is 14.1. The minimum Gasteiger partial charge on any atom is -0.351 e. The normalized spacial score (nSPS) is 12.7. The Kier molecular flexibility index (Phi) is 6.52. The molecule has 2 N–H and O–H groups in total. The van der Waals surface area contributed by atoms with E-state index in [1.165, 1.54) is 11.3 Å². The van der Waals surface area contributed by atoms with Crippen LogP contribution in [0.1, 0.15) is 28.6 Å². The number of amides is 2. The molecule has 2 aromatic rings. The van der Waals surface area contributed by atoms with Gasteiger partial charge in [-0.1, -0.05) is 36.4 Å². The van der Waals surface area contributed by atoms with Crippen molar-refractivity contribution in [3.8, 4) is 6.07 Å². The zero-order valence-corrected chi connectivity index (χ0v) is 14.2. The monoisotopic (exact) mass is 341 g/mol. The smallest absolute Gasteiger partial charge is 0.262 e. The zero-order chi connectivity index (χ0) is 17.4. The van der Waals surface area contributed by atoms with Crippen LogP contribution in [0.2, 0.25) is 0 Å². The SMILES string of the molecule is C[C@@H](CC#N)NC(=O)[C@@H](Cc1ccccc1)NC(=O)c1cccs1. The van der Waals surface area contributed by atoms with Crippen LogP contribution in [0.4, 0.5) is 0 Å². The van der Waals surface area contributed by atoms with Crippen LogP contribution in [-0.4, -0.2) is 23.9 Å². The standard InChI is InChI=1S/C18H19N3O2S/c1-13(9-10-19)20-17(22)15(12-14-6-3-2-4-7-14)21-18(23)16-8-5-11-24-16/h2-8,11,13,15H,9,12H2,1H3,(H,20,22)(H,21,23)/t13-,15+/m0/s1. The van der Waals surface area contributed by atoms with Crippen molar-refractivity contribution in [3.63, 3.8) is 0 Å². The molecule has 6 heteroatoms. The molecule has 0 unspecified atom stereocenters. The Labute approximate surface area is 145 Å². The third-order valence-corrected chi connectivity index (χ3v) is 4.30. The summed E-state index contributed by atoms with van der Waals surface area (Å²) in [5, 5.41) is 16.1. The van der Waals surface area contributed by atoms with E-state index < -0.39 is 6.04 Å². The van der Waals surface area contributed by atoms with Gasteiger partial charge in [0.05, 0.1) is 17.4 Å². The van der Waals surface area contributed by atoms with Gasteiger partial charge >= 0.3 is 0 Å². The second kappa shape index (κ2) is 8.85. The van der Waals surface area contributed by atoms with Crippen LogP contribution >= 0.6 is 11.3 Å². The van der Waals surface area contributed by atoms with Crippen molar-refractivity contribution in [2.24, 2.45) is 0 Å². The number of nitriles is 1. The highest BCUT2D eigenvalue weighted by molar-refractivity contribution is 7.12. The van der Waals surface area contributed by atoms with Crippen molar-refractivity contribution < 1.29 is 9.59 Å². The number of benzene rings is 1. The quantitative estimate of drug-likeness (QED) is 0.812. The zero-order valence-electron chi connectivity index (χ0n) is 13.4. The Balaban J connectivity index is 2.10. The number of nitrogens with zero attached hydrogens (tertiary/aromatic N) is 1. The third kappa shape index (κ3) is 5.21. The molecule has 0 aliphatic rings. The molecule has 0 bridgehead atoms. The Morgan fingerprint density at radius 3 is 2.54 bits per heavy atom. The largest absolute Gasteiger partial charge is 0.351 e.